The molecule has 1 aromatic heterocycles. The lowest BCUT2D eigenvalue weighted by Crippen LogP contribution is -2.43. The molecule has 0 saturated heterocycles. The standard InChI is InChI=1S/C25H27FN2O5S2/c1-6-20(28-35(31,32)19-11-9-18(26)10-12-19)23(29)27-24-22(25(30)33-5)21(16(4)34-24)17-8-7-14(2)15(3)13-17/h7-13,20,28H,6H2,1-5H3,(H,27,29). The number of sulfonamides is 1. The molecule has 1 atom stereocenters. The maximum Gasteiger partial charge on any atom is 0.341 e. The third-order valence-corrected chi connectivity index (χ3v) is 8.16. The van der Waals surface area contributed by atoms with Crippen LogP contribution in [0.25, 0.3) is 11.1 Å². The van der Waals surface area contributed by atoms with Crippen molar-refractivity contribution in [2.24, 2.45) is 0 Å². The van der Waals surface area contributed by atoms with E-state index in [0.717, 1.165) is 45.8 Å². The van der Waals surface area contributed by atoms with Gasteiger partial charge in [0.1, 0.15) is 22.4 Å². The van der Waals surface area contributed by atoms with Crippen molar-refractivity contribution in [2.45, 2.75) is 45.1 Å². The number of hydrogen-bond acceptors (Lipinski definition) is 6. The first-order valence-corrected chi connectivity index (χ1v) is 13.2. The average molecular weight is 519 g/mol. The Labute approximate surface area is 208 Å². The Balaban J connectivity index is 1.94. The second kappa shape index (κ2) is 10.7. The van der Waals surface area contributed by atoms with E-state index in [2.05, 4.69) is 10.0 Å². The number of nitrogens with one attached hydrogen (secondary N) is 2. The van der Waals surface area contributed by atoms with Crippen molar-refractivity contribution in [2.75, 3.05) is 12.4 Å². The van der Waals surface area contributed by atoms with Crippen molar-refractivity contribution >= 4 is 38.2 Å². The van der Waals surface area contributed by atoms with Crippen LogP contribution in [0.1, 0.15) is 39.7 Å². The Morgan fingerprint density at radius 3 is 2.29 bits per heavy atom. The molecule has 10 heteroatoms. The Kier molecular flexibility index (Phi) is 8.09. The number of carbonyl (C=O) groups is 2. The molecule has 1 heterocycles. The molecule has 1 amide bonds. The van der Waals surface area contributed by atoms with Gasteiger partial charge in [-0.25, -0.2) is 17.6 Å². The largest absolute Gasteiger partial charge is 0.465 e. The molecule has 0 aliphatic rings. The van der Waals surface area contributed by atoms with Gasteiger partial charge in [-0.15, -0.1) is 11.3 Å². The van der Waals surface area contributed by atoms with Gasteiger partial charge >= 0.3 is 5.97 Å². The molecule has 7 nitrogen and oxygen atoms in total. The van der Waals surface area contributed by atoms with Crippen LogP contribution >= 0.6 is 11.3 Å². The maximum atomic E-state index is 13.2. The zero-order valence-corrected chi connectivity index (χ0v) is 21.7. The van der Waals surface area contributed by atoms with Gasteiger partial charge < -0.3 is 10.1 Å². The first-order chi connectivity index (χ1) is 16.5. The minimum absolute atomic E-state index is 0.147. The van der Waals surface area contributed by atoms with Crippen molar-refractivity contribution < 1.29 is 27.1 Å². The minimum Gasteiger partial charge on any atom is -0.465 e. The molecule has 1 unspecified atom stereocenters. The second-order valence-electron chi connectivity index (χ2n) is 8.05. The summed E-state index contributed by atoms with van der Waals surface area (Å²) in [5.74, 6) is -1.81. The van der Waals surface area contributed by atoms with Gasteiger partial charge in [0.05, 0.1) is 12.0 Å². The van der Waals surface area contributed by atoms with E-state index in [1.807, 2.05) is 39.0 Å². The molecule has 0 bridgehead atoms. The highest BCUT2D eigenvalue weighted by molar-refractivity contribution is 7.89. The number of thiophene rings is 1. The first-order valence-electron chi connectivity index (χ1n) is 10.9. The summed E-state index contributed by atoms with van der Waals surface area (Å²) >= 11 is 1.21. The first kappa shape index (κ1) is 26.5. The smallest absolute Gasteiger partial charge is 0.341 e. The summed E-state index contributed by atoms with van der Waals surface area (Å²) in [5, 5.41) is 2.98. The topological polar surface area (TPSA) is 102 Å². The monoisotopic (exact) mass is 518 g/mol. The number of amides is 1. The average Bonchev–Trinajstić information content (AvgIpc) is 3.14. The van der Waals surface area contributed by atoms with Crippen LogP contribution in [0.15, 0.2) is 47.4 Å². The van der Waals surface area contributed by atoms with Crippen LogP contribution in [-0.4, -0.2) is 33.4 Å². The van der Waals surface area contributed by atoms with E-state index in [1.54, 1.807) is 6.92 Å². The summed E-state index contributed by atoms with van der Waals surface area (Å²) in [4.78, 5) is 26.5. The van der Waals surface area contributed by atoms with Gasteiger partial charge in [-0.2, -0.15) is 4.72 Å². The highest BCUT2D eigenvalue weighted by Gasteiger charge is 2.29. The number of aryl methyl sites for hydroxylation is 3. The molecule has 0 fully saturated rings. The van der Waals surface area contributed by atoms with E-state index in [1.165, 1.54) is 18.4 Å². The van der Waals surface area contributed by atoms with Gasteiger partial charge in [0.2, 0.25) is 15.9 Å². The van der Waals surface area contributed by atoms with Crippen LogP contribution in [0.3, 0.4) is 0 Å². The molecule has 0 aliphatic carbocycles. The predicted octanol–water partition coefficient (Wildman–Crippen LogP) is 4.96. The molecular formula is C25H27FN2O5S2. The van der Waals surface area contributed by atoms with Crippen molar-refractivity contribution in [1.29, 1.82) is 0 Å². The van der Waals surface area contributed by atoms with Crippen LogP contribution in [-0.2, 0) is 19.6 Å². The summed E-state index contributed by atoms with van der Waals surface area (Å²) in [5.41, 5.74) is 3.83. The molecule has 0 aliphatic heterocycles. The summed E-state index contributed by atoms with van der Waals surface area (Å²) in [6, 6.07) is 9.00. The summed E-state index contributed by atoms with van der Waals surface area (Å²) in [6.45, 7) is 7.45. The van der Waals surface area contributed by atoms with Gasteiger partial charge in [0.15, 0.2) is 0 Å². The van der Waals surface area contributed by atoms with Gasteiger partial charge in [-0.05, 0) is 68.1 Å². The normalized spacial score (nSPS) is 12.3. The number of rotatable bonds is 8. The van der Waals surface area contributed by atoms with E-state index in [4.69, 9.17) is 4.74 Å². The van der Waals surface area contributed by atoms with Crippen molar-refractivity contribution in [3.05, 3.63) is 69.8 Å². The molecule has 3 rings (SSSR count). The van der Waals surface area contributed by atoms with Crippen LogP contribution in [0.4, 0.5) is 9.39 Å². The van der Waals surface area contributed by atoms with Crippen LogP contribution in [0, 0.1) is 26.6 Å². The lowest BCUT2D eigenvalue weighted by molar-refractivity contribution is -0.117. The van der Waals surface area contributed by atoms with Gasteiger partial charge in [-0.1, -0.05) is 25.1 Å². The molecule has 0 spiro atoms. The number of hydrogen-bond donors (Lipinski definition) is 2. The Bertz CT molecular complexity index is 1370. The summed E-state index contributed by atoms with van der Waals surface area (Å²) in [6.07, 6.45) is 0.147. The van der Waals surface area contributed by atoms with E-state index >= 15 is 0 Å². The molecular weight excluding hydrogens is 491 g/mol. The molecule has 2 N–H and O–H groups in total. The second-order valence-corrected chi connectivity index (χ2v) is 11.0. The molecule has 2 aromatic carbocycles. The van der Waals surface area contributed by atoms with Gasteiger partial charge in [0, 0.05) is 10.4 Å². The molecule has 0 radical (unpaired) electrons. The lowest BCUT2D eigenvalue weighted by Gasteiger charge is -2.17. The molecule has 35 heavy (non-hydrogen) atoms. The molecule has 0 saturated carbocycles. The maximum absolute atomic E-state index is 13.2. The predicted molar refractivity (Wildman–Crippen MR) is 135 cm³/mol. The third-order valence-electron chi connectivity index (χ3n) is 5.65. The summed E-state index contributed by atoms with van der Waals surface area (Å²) < 4.78 is 46.0. The zero-order chi connectivity index (χ0) is 25.9. The highest BCUT2D eigenvalue weighted by Crippen LogP contribution is 2.41. The zero-order valence-electron chi connectivity index (χ0n) is 20.1. The number of carbonyl (C=O) groups excluding carboxylic acids is 2. The molecule has 186 valence electrons. The number of ether oxygens (including phenoxy) is 1. The SMILES string of the molecule is CCC(NS(=O)(=O)c1ccc(F)cc1)C(=O)Nc1sc(C)c(-c2ccc(C)c(C)c2)c1C(=O)OC. The lowest BCUT2D eigenvalue weighted by atomic mass is 9.97. The van der Waals surface area contributed by atoms with E-state index < -0.39 is 33.8 Å². The highest BCUT2D eigenvalue weighted by atomic mass is 32.2. The van der Waals surface area contributed by atoms with E-state index in [0.29, 0.717) is 5.56 Å². The quantitative estimate of drug-likeness (QED) is 0.411. The Morgan fingerprint density at radius 2 is 1.71 bits per heavy atom. The van der Waals surface area contributed by atoms with Crippen molar-refractivity contribution in [3.8, 4) is 11.1 Å². The molecule has 3 aromatic rings. The van der Waals surface area contributed by atoms with Gasteiger partial charge in [0.25, 0.3) is 0 Å². The van der Waals surface area contributed by atoms with Crippen LogP contribution in [0.2, 0.25) is 0 Å². The van der Waals surface area contributed by atoms with Crippen LogP contribution in [0.5, 0.6) is 0 Å². The van der Waals surface area contributed by atoms with Crippen molar-refractivity contribution in [3.63, 3.8) is 0 Å². The Hall–Kier alpha value is -3.08. The van der Waals surface area contributed by atoms with Crippen LogP contribution < -0.4 is 10.0 Å². The number of esters is 1. The Morgan fingerprint density at radius 1 is 1.06 bits per heavy atom. The van der Waals surface area contributed by atoms with Crippen molar-refractivity contribution in [1.82, 2.24) is 4.72 Å². The number of anilines is 1. The summed E-state index contributed by atoms with van der Waals surface area (Å²) in [7, 11) is -2.82. The number of benzene rings is 2. The number of methoxy groups -OCH3 is 1. The fourth-order valence-corrected chi connectivity index (χ4v) is 5.91. The fraction of sp³-hybridized carbons (Fsp3) is 0.280. The fourth-order valence-electron chi connectivity index (χ4n) is 3.56. The minimum atomic E-state index is -4.08. The number of halogens is 1. The van der Waals surface area contributed by atoms with E-state index in [9.17, 15) is 22.4 Å². The van der Waals surface area contributed by atoms with Gasteiger partial charge in [-0.3, -0.25) is 4.79 Å². The third kappa shape index (κ3) is 5.77. The van der Waals surface area contributed by atoms with E-state index in [-0.39, 0.29) is 21.9 Å².